The minimum absolute atomic E-state index is 0.122. The Bertz CT molecular complexity index is 1510. The summed E-state index contributed by atoms with van der Waals surface area (Å²) < 4.78 is 25.1. The summed E-state index contributed by atoms with van der Waals surface area (Å²) in [6.45, 7) is 3.87. The van der Waals surface area contributed by atoms with Gasteiger partial charge in [-0.3, -0.25) is 14.9 Å². The number of sulfonamides is 1. The number of nitrogens with one attached hydrogen (secondary N) is 1. The van der Waals surface area contributed by atoms with E-state index < -0.39 is 33.1 Å². The highest BCUT2D eigenvalue weighted by Crippen LogP contribution is 2.32. The average molecular weight is 602 g/mol. The van der Waals surface area contributed by atoms with Crippen molar-refractivity contribution in [2.75, 3.05) is 19.3 Å². The van der Waals surface area contributed by atoms with Crippen molar-refractivity contribution in [2.24, 2.45) is 0 Å². The number of hydrogen-bond donors (Lipinski definition) is 3. The smallest absolute Gasteiger partial charge is 0.407 e. The van der Waals surface area contributed by atoms with E-state index in [-0.39, 0.29) is 29.6 Å². The predicted molar refractivity (Wildman–Crippen MR) is 157 cm³/mol. The Hall–Kier alpha value is -3.94. The molecule has 0 bridgehead atoms. The van der Waals surface area contributed by atoms with Crippen molar-refractivity contribution in [3.63, 3.8) is 0 Å². The van der Waals surface area contributed by atoms with E-state index in [2.05, 4.69) is 0 Å². The van der Waals surface area contributed by atoms with Crippen molar-refractivity contribution in [1.82, 2.24) is 9.62 Å². The molecule has 0 unspecified atom stereocenters. The van der Waals surface area contributed by atoms with Crippen molar-refractivity contribution >= 4 is 39.5 Å². The van der Waals surface area contributed by atoms with Crippen LogP contribution in [0.4, 0.5) is 10.5 Å². The first-order valence-electron chi connectivity index (χ1n) is 12.6. The number of nitro benzene ring substituents is 1. The Kier molecular flexibility index (Phi) is 10.5. The van der Waals surface area contributed by atoms with Crippen LogP contribution in [0.15, 0.2) is 71.6 Å². The number of carbonyl (C=O) groups is 2. The number of carboxylic acid groups (broad SMARTS) is 1. The van der Waals surface area contributed by atoms with E-state index in [1.807, 2.05) is 48.9 Å². The highest BCUT2D eigenvalue weighted by atomic mass is 32.2. The van der Waals surface area contributed by atoms with E-state index in [0.29, 0.717) is 16.9 Å². The number of aliphatic hydroxyl groups excluding tert-OH is 1. The highest BCUT2D eigenvalue weighted by molar-refractivity contribution is 8.00. The molecule has 13 heteroatoms. The average Bonchev–Trinajstić information content (AvgIpc) is 2.89. The van der Waals surface area contributed by atoms with Crippen LogP contribution in [0.1, 0.15) is 41.4 Å². The maximum absolute atomic E-state index is 12.5. The molecule has 0 aliphatic heterocycles. The molecule has 1 atom stereocenters. The molecular weight excluding hydrogens is 570 g/mol. The summed E-state index contributed by atoms with van der Waals surface area (Å²) in [7, 11) is -3.71. The molecule has 0 saturated carbocycles. The van der Waals surface area contributed by atoms with Crippen molar-refractivity contribution in [2.45, 2.75) is 36.5 Å². The van der Waals surface area contributed by atoms with Gasteiger partial charge in [0.2, 0.25) is 10.0 Å². The fraction of sp³-hybridized carbons (Fsp3) is 0.286. The molecule has 0 fully saturated rings. The second kappa shape index (κ2) is 13.6. The summed E-state index contributed by atoms with van der Waals surface area (Å²) in [6, 6.07) is 18.0. The van der Waals surface area contributed by atoms with Crippen molar-refractivity contribution < 1.29 is 33.1 Å². The van der Waals surface area contributed by atoms with Gasteiger partial charge in [0, 0.05) is 28.8 Å². The monoisotopic (exact) mass is 601 g/mol. The molecule has 218 valence electrons. The normalized spacial score (nSPS) is 12.1. The molecule has 3 rings (SSSR count). The van der Waals surface area contributed by atoms with Crippen LogP contribution in [0, 0.1) is 10.1 Å². The number of hydrogen-bond acceptors (Lipinski definition) is 8. The first-order valence-corrected chi connectivity index (χ1v) is 15.3. The lowest BCUT2D eigenvalue weighted by Crippen LogP contribution is -2.35. The minimum atomic E-state index is -3.71. The molecule has 0 saturated heterocycles. The zero-order valence-electron chi connectivity index (χ0n) is 22.7. The Labute approximate surface area is 242 Å². The van der Waals surface area contributed by atoms with Crippen LogP contribution >= 0.6 is 11.8 Å². The number of thioether (sulfide) groups is 1. The fourth-order valence-electron chi connectivity index (χ4n) is 3.99. The van der Waals surface area contributed by atoms with Crippen LogP contribution in [-0.2, 0) is 16.4 Å². The van der Waals surface area contributed by atoms with E-state index in [1.165, 1.54) is 36.0 Å². The Morgan fingerprint density at radius 1 is 1.02 bits per heavy atom. The molecule has 0 aliphatic rings. The molecule has 0 spiro atoms. The summed E-state index contributed by atoms with van der Waals surface area (Å²) in [6.07, 6.45) is -1.03. The molecule has 0 aliphatic carbocycles. The van der Waals surface area contributed by atoms with Gasteiger partial charge < -0.3 is 15.1 Å². The molecule has 2 amide bonds. The lowest BCUT2D eigenvalue weighted by Gasteiger charge is -2.22. The molecule has 0 radical (unpaired) electrons. The van der Waals surface area contributed by atoms with Crippen LogP contribution in [0.5, 0.6) is 0 Å². The summed E-state index contributed by atoms with van der Waals surface area (Å²) in [5.74, 6) is -0.695. The van der Waals surface area contributed by atoms with Gasteiger partial charge in [-0.15, -0.1) is 11.8 Å². The van der Waals surface area contributed by atoms with Crippen molar-refractivity contribution in [3.05, 3.63) is 93.5 Å². The number of benzene rings is 3. The standard InChI is InChI=1S/C28H31N3O8S2/c1-18(2)40-26-16-22(10-13-24(26)27(33)29-41(3,38)39)20-6-4-19(5-7-20)14-15-30(28(34)35)17-25(32)21-8-11-23(12-9-21)31(36)37/h4-13,16,18,25,32H,14-15,17H2,1-3H3,(H,29,33)(H,34,35)/t25-/m0/s1. The molecule has 0 heterocycles. The number of rotatable bonds is 12. The van der Waals surface area contributed by atoms with E-state index in [1.54, 1.807) is 12.1 Å². The van der Waals surface area contributed by atoms with E-state index in [9.17, 15) is 38.3 Å². The van der Waals surface area contributed by atoms with Crippen LogP contribution in [0.25, 0.3) is 11.1 Å². The van der Waals surface area contributed by atoms with Gasteiger partial charge >= 0.3 is 6.09 Å². The molecule has 41 heavy (non-hydrogen) atoms. The zero-order chi connectivity index (χ0) is 30.3. The van der Waals surface area contributed by atoms with Gasteiger partial charge in [-0.1, -0.05) is 44.2 Å². The van der Waals surface area contributed by atoms with Gasteiger partial charge in [-0.05, 0) is 52.9 Å². The van der Waals surface area contributed by atoms with Crippen LogP contribution in [-0.4, -0.2) is 65.0 Å². The molecular formula is C28H31N3O8S2. The first kappa shape index (κ1) is 31.6. The summed E-state index contributed by atoms with van der Waals surface area (Å²) in [4.78, 5) is 36.3. The summed E-state index contributed by atoms with van der Waals surface area (Å²) in [5, 5.41) is 31.1. The number of nitrogens with zero attached hydrogens (tertiary/aromatic N) is 2. The zero-order valence-corrected chi connectivity index (χ0v) is 24.3. The first-order chi connectivity index (χ1) is 19.2. The number of amides is 2. The van der Waals surface area contributed by atoms with Gasteiger partial charge in [0.15, 0.2) is 0 Å². The molecule has 0 aromatic heterocycles. The highest BCUT2D eigenvalue weighted by Gasteiger charge is 2.20. The summed E-state index contributed by atoms with van der Waals surface area (Å²) >= 11 is 1.44. The maximum Gasteiger partial charge on any atom is 0.407 e. The molecule has 11 nitrogen and oxygen atoms in total. The lowest BCUT2D eigenvalue weighted by molar-refractivity contribution is -0.384. The van der Waals surface area contributed by atoms with Crippen molar-refractivity contribution in [1.29, 1.82) is 0 Å². The summed E-state index contributed by atoms with van der Waals surface area (Å²) in [5.41, 5.74) is 3.07. The van der Waals surface area contributed by atoms with Gasteiger partial charge in [0.25, 0.3) is 11.6 Å². The van der Waals surface area contributed by atoms with Crippen molar-refractivity contribution in [3.8, 4) is 11.1 Å². The number of non-ortho nitro benzene ring substituents is 1. The minimum Gasteiger partial charge on any atom is -0.465 e. The Balaban J connectivity index is 1.70. The van der Waals surface area contributed by atoms with E-state index >= 15 is 0 Å². The quantitative estimate of drug-likeness (QED) is 0.151. The van der Waals surface area contributed by atoms with E-state index in [4.69, 9.17) is 0 Å². The third kappa shape index (κ3) is 9.30. The number of aliphatic hydroxyl groups is 1. The Morgan fingerprint density at radius 3 is 2.17 bits per heavy atom. The van der Waals surface area contributed by atoms with Gasteiger partial charge in [-0.2, -0.15) is 0 Å². The molecule has 3 N–H and O–H groups in total. The lowest BCUT2D eigenvalue weighted by atomic mass is 10.0. The van der Waals surface area contributed by atoms with Crippen LogP contribution < -0.4 is 4.72 Å². The second-order valence-electron chi connectivity index (χ2n) is 9.62. The predicted octanol–water partition coefficient (Wildman–Crippen LogP) is 4.71. The van der Waals surface area contributed by atoms with Gasteiger partial charge in [-0.25, -0.2) is 17.9 Å². The third-order valence-electron chi connectivity index (χ3n) is 5.98. The Morgan fingerprint density at radius 2 is 1.63 bits per heavy atom. The maximum atomic E-state index is 12.5. The second-order valence-corrected chi connectivity index (χ2v) is 13.0. The van der Waals surface area contributed by atoms with Gasteiger partial charge in [0.1, 0.15) is 0 Å². The molecule has 3 aromatic rings. The third-order valence-corrected chi connectivity index (χ3v) is 7.60. The van der Waals surface area contributed by atoms with E-state index in [0.717, 1.165) is 27.8 Å². The largest absolute Gasteiger partial charge is 0.465 e. The van der Waals surface area contributed by atoms with Gasteiger partial charge in [0.05, 0.1) is 29.4 Å². The number of nitro groups is 1. The fourth-order valence-corrected chi connectivity index (χ4v) is 5.43. The number of carbonyl (C=O) groups excluding carboxylic acids is 1. The SMILES string of the molecule is CC(C)Sc1cc(-c2ccc(CCN(C[C@H](O)c3ccc([N+](=O)[O-])cc3)C(=O)O)cc2)ccc1C(=O)NS(C)(=O)=O. The van der Waals surface area contributed by atoms with Crippen LogP contribution in [0.2, 0.25) is 0 Å². The van der Waals surface area contributed by atoms with Crippen LogP contribution in [0.3, 0.4) is 0 Å². The molecule has 3 aromatic carbocycles. The topological polar surface area (TPSA) is 167 Å².